The van der Waals surface area contributed by atoms with E-state index < -0.39 is 0 Å². The maximum Gasteiger partial charge on any atom is 0.257 e. The molecule has 7 nitrogen and oxygen atoms in total. The number of carbonyl (C=O) groups excluding carboxylic acids is 1. The normalized spacial score (nSPS) is 10.3. The van der Waals surface area contributed by atoms with Gasteiger partial charge >= 0.3 is 0 Å². The van der Waals surface area contributed by atoms with Crippen molar-refractivity contribution in [2.45, 2.75) is 0 Å². The molecule has 0 saturated carbocycles. The molecule has 0 spiro atoms. The summed E-state index contributed by atoms with van der Waals surface area (Å²) in [5.74, 6) is 1.42. The molecule has 134 valence electrons. The van der Waals surface area contributed by atoms with Crippen LogP contribution in [0.2, 0.25) is 0 Å². The van der Waals surface area contributed by atoms with E-state index in [0.717, 1.165) is 5.56 Å². The molecule has 3 aromatic rings. The Bertz CT molecular complexity index is 926. The van der Waals surface area contributed by atoms with Crippen LogP contribution in [-0.2, 0) is 0 Å². The van der Waals surface area contributed by atoms with E-state index in [2.05, 4.69) is 15.5 Å². The number of anilines is 1. The highest BCUT2D eigenvalue weighted by Crippen LogP contribution is 2.33. The second-order valence-corrected chi connectivity index (χ2v) is 6.11. The lowest BCUT2D eigenvalue weighted by molar-refractivity contribution is 0.102. The van der Waals surface area contributed by atoms with Crippen molar-refractivity contribution in [2.24, 2.45) is 0 Å². The fourth-order valence-electron chi connectivity index (χ4n) is 2.35. The molecule has 26 heavy (non-hydrogen) atoms. The molecule has 2 aromatic carbocycles. The molecule has 0 unspecified atom stereocenters. The minimum absolute atomic E-state index is 0.311. The van der Waals surface area contributed by atoms with Gasteiger partial charge in [-0.2, -0.15) is 0 Å². The second-order valence-electron chi connectivity index (χ2n) is 5.14. The number of rotatable bonds is 6. The van der Waals surface area contributed by atoms with E-state index in [4.69, 9.17) is 14.2 Å². The highest BCUT2D eigenvalue weighted by molar-refractivity contribution is 7.18. The average Bonchev–Trinajstić information content (AvgIpc) is 3.15. The minimum atomic E-state index is -0.311. The van der Waals surface area contributed by atoms with Crippen molar-refractivity contribution in [1.29, 1.82) is 0 Å². The van der Waals surface area contributed by atoms with Crippen LogP contribution in [0.1, 0.15) is 10.4 Å². The minimum Gasteiger partial charge on any atom is -0.496 e. The molecule has 0 fully saturated rings. The molecular formula is C18H17N3O4S. The summed E-state index contributed by atoms with van der Waals surface area (Å²) in [6.07, 6.45) is 0. The first-order valence-corrected chi connectivity index (χ1v) is 8.48. The van der Waals surface area contributed by atoms with Crippen LogP contribution >= 0.6 is 11.3 Å². The van der Waals surface area contributed by atoms with E-state index >= 15 is 0 Å². The molecule has 0 radical (unpaired) electrons. The van der Waals surface area contributed by atoms with Gasteiger partial charge in [0.25, 0.3) is 5.91 Å². The third-order valence-electron chi connectivity index (χ3n) is 3.63. The lowest BCUT2D eigenvalue weighted by atomic mass is 10.2. The number of hydrogen-bond acceptors (Lipinski definition) is 7. The first-order chi connectivity index (χ1) is 12.7. The molecule has 0 aliphatic heterocycles. The van der Waals surface area contributed by atoms with Gasteiger partial charge in [-0.25, -0.2) is 0 Å². The van der Waals surface area contributed by atoms with Crippen LogP contribution in [0.25, 0.3) is 10.6 Å². The fourth-order valence-corrected chi connectivity index (χ4v) is 3.12. The summed E-state index contributed by atoms with van der Waals surface area (Å²) in [7, 11) is 4.65. The van der Waals surface area contributed by atoms with E-state index in [9.17, 15) is 4.79 Å². The zero-order valence-electron chi connectivity index (χ0n) is 14.5. The van der Waals surface area contributed by atoms with Crippen molar-refractivity contribution < 1.29 is 19.0 Å². The Balaban J connectivity index is 1.80. The van der Waals surface area contributed by atoms with Gasteiger partial charge in [0.15, 0.2) is 16.5 Å². The van der Waals surface area contributed by atoms with Crippen LogP contribution in [0, 0.1) is 0 Å². The number of nitrogens with one attached hydrogen (secondary N) is 1. The highest BCUT2D eigenvalue weighted by atomic mass is 32.1. The summed E-state index contributed by atoms with van der Waals surface area (Å²) < 4.78 is 15.7. The molecule has 1 N–H and O–H groups in total. The average molecular weight is 371 g/mol. The summed E-state index contributed by atoms with van der Waals surface area (Å²) in [6.45, 7) is 0. The summed E-state index contributed by atoms with van der Waals surface area (Å²) in [5.41, 5.74) is 1.25. The lowest BCUT2D eigenvalue weighted by Gasteiger charge is -2.09. The smallest absolute Gasteiger partial charge is 0.257 e. The molecule has 1 heterocycles. The Hall–Kier alpha value is -3.13. The maximum atomic E-state index is 12.5. The Morgan fingerprint density at radius 1 is 0.923 bits per heavy atom. The molecule has 0 bridgehead atoms. The molecule has 3 rings (SSSR count). The fraction of sp³-hybridized carbons (Fsp3) is 0.167. The molecule has 8 heteroatoms. The predicted molar refractivity (Wildman–Crippen MR) is 99.4 cm³/mol. The summed E-state index contributed by atoms with van der Waals surface area (Å²) >= 11 is 1.27. The third-order valence-corrected chi connectivity index (χ3v) is 4.50. The monoisotopic (exact) mass is 371 g/mol. The van der Waals surface area contributed by atoms with Crippen LogP contribution in [0.3, 0.4) is 0 Å². The Morgan fingerprint density at radius 2 is 1.65 bits per heavy atom. The van der Waals surface area contributed by atoms with Crippen molar-refractivity contribution in [3.63, 3.8) is 0 Å². The Kier molecular flexibility index (Phi) is 5.33. The van der Waals surface area contributed by atoms with Crippen molar-refractivity contribution in [3.8, 4) is 27.8 Å². The zero-order chi connectivity index (χ0) is 18.5. The van der Waals surface area contributed by atoms with Crippen LogP contribution in [0.15, 0.2) is 42.5 Å². The van der Waals surface area contributed by atoms with E-state index in [-0.39, 0.29) is 5.91 Å². The third kappa shape index (κ3) is 3.60. The number of amides is 1. The molecule has 1 amide bonds. The predicted octanol–water partition coefficient (Wildman–Crippen LogP) is 3.48. The van der Waals surface area contributed by atoms with Crippen LogP contribution < -0.4 is 19.5 Å². The second kappa shape index (κ2) is 7.83. The van der Waals surface area contributed by atoms with Gasteiger partial charge < -0.3 is 14.2 Å². The molecular weight excluding hydrogens is 354 g/mol. The number of nitrogens with zero attached hydrogens (tertiary/aromatic N) is 2. The van der Waals surface area contributed by atoms with Gasteiger partial charge in [0.2, 0.25) is 5.13 Å². The summed E-state index contributed by atoms with van der Waals surface area (Å²) in [6, 6.07) is 12.4. The highest BCUT2D eigenvalue weighted by Gasteiger charge is 2.15. The Labute approximate surface area is 154 Å². The van der Waals surface area contributed by atoms with E-state index in [0.29, 0.717) is 33.0 Å². The zero-order valence-corrected chi connectivity index (χ0v) is 15.3. The quantitative estimate of drug-likeness (QED) is 0.714. The molecule has 1 aromatic heterocycles. The lowest BCUT2D eigenvalue weighted by Crippen LogP contribution is -2.11. The largest absolute Gasteiger partial charge is 0.496 e. The van der Waals surface area contributed by atoms with Gasteiger partial charge in [0, 0.05) is 5.56 Å². The van der Waals surface area contributed by atoms with Crippen molar-refractivity contribution in [1.82, 2.24) is 10.2 Å². The van der Waals surface area contributed by atoms with Crippen molar-refractivity contribution >= 4 is 22.4 Å². The van der Waals surface area contributed by atoms with Crippen molar-refractivity contribution in [3.05, 3.63) is 48.0 Å². The number of hydrogen-bond donors (Lipinski definition) is 1. The molecule has 0 atom stereocenters. The number of para-hydroxylation sites is 1. The number of methoxy groups -OCH3 is 3. The number of aromatic nitrogens is 2. The molecule has 0 saturated heterocycles. The van der Waals surface area contributed by atoms with Crippen LogP contribution in [-0.4, -0.2) is 37.4 Å². The van der Waals surface area contributed by atoms with Crippen LogP contribution in [0.5, 0.6) is 17.2 Å². The van der Waals surface area contributed by atoms with Gasteiger partial charge in [-0.15, -0.1) is 10.2 Å². The maximum absolute atomic E-state index is 12.5. The summed E-state index contributed by atoms with van der Waals surface area (Å²) in [5, 5.41) is 12.0. The van der Waals surface area contributed by atoms with Gasteiger partial charge in [-0.1, -0.05) is 23.5 Å². The van der Waals surface area contributed by atoms with Gasteiger partial charge in [0.05, 0.1) is 26.9 Å². The van der Waals surface area contributed by atoms with Gasteiger partial charge in [0.1, 0.15) is 5.75 Å². The van der Waals surface area contributed by atoms with Crippen LogP contribution in [0.4, 0.5) is 5.13 Å². The standard InChI is InChI=1S/C18H17N3O4S/c1-23-13-7-5-4-6-12(13)17-20-21-18(26-17)19-16(22)11-8-9-14(24-2)15(10-11)25-3/h4-10H,1-3H3,(H,19,21,22). The SMILES string of the molecule is COc1ccc(C(=O)Nc2nnc(-c3ccccc3OC)s2)cc1OC. The summed E-state index contributed by atoms with van der Waals surface area (Å²) in [4.78, 5) is 12.5. The van der Waals surface area contributed by atoms with Gasteiger partial charge in [-0.3, -0.25) is 10.1 Å². The molecule has 0 aliphatic rings. The topological polar surface area (TPSA) is 82.6 Å². The Morgan fingerprint density at radius 3 is 2.38 bits per heavy atom. The van der Waals surface area contributed by atoms with E-state index in [1.807, 2.05) is 24.3 Å². The van der Waals surface area contributed by atoms with E-state index in [1.165, 1.54) is 25.6 Å². The van der Waals surface area contributed by atoms with Crippen molar-refractivity contribution in [2.75, 3.05) is 26.6 Å². The molecule has 0 aliphatic carbocycles. The number of ether oxygens (including phenoxy) is 3. The van der Waals surface area contributed by atoms with E-state index in [1.54, 1.807) is 25.3 Å². The number of benzene rings is 2. The first kappa shape index (κ1) is 17.7. The number of carbonyl (C=O) groups is 1. The first-order valence-electron chi connectivity index (χ1n) is 7.66. The van der Waals surface area contributed by atoms with Gasteiger partial charge in [-0.05, 0) is 30.3 Å².